The molecule has 14 heavy (non-hydrogen) atoms. The lowest BCUT2D eigenvalue weighted by Crippen LogP contribution is -2.38. The first-order valence-electron chi connectivity index (χ1n) is 5.69. The van der Waals surface area contributed by atoms with Crippen LogP contribution >= 0.6 is 0 Å². The summed E-state index contributed by atoms with van der Waals surface area (Å²) in [6.45, 7) is 3.42. The molecule has 80 valence electrons. The van der Waals surface area contributed by atoms with Crippen molar-refractivity contribution in [2.75, 3.05) is 13.2 Å². The molecule has 2 heteroatoms. The van der Waals surface area contributed by atoms with E-state index in [2.05, 4.69) is 19.1 Å². The summed E-state index contributed by atoms with van der Waals surface area (Å²) in [6, 6.07) is 0. The molecule has 0 aromatic heterocycles. The van der Waals surface area contributed by atoms with Gasteiger partial charge in [-0.1, -0.05) is 19.1 Å². The first kappa shape index (κ1) is 10.2. The van der Waals surface area contributed by atoms with Crippen molar-refractivity contribution in [1.29, 1.82) is 0 Å². The van der Waals surface area contributed by atoms with Gasteiger partial charge in [-0.15, -0.1) is 0 Å². The molecule has 0 amide bonds. The van der Waals surface area contributed by atoms with Crippen LogP contribution in [0.2, 0.25) is 0 Å². The van der Waals surface area contributed by atoms with E-state index in [1.54, 1.807) is 0 Å². The molecule has 0 aromatic carbocycles. The first-order chi connectivity index (χ1) is 6.74. The van der Waals surface area contributed by atoms with Gasteiger partial charge in [-0.05, 0) is 31.6 Å². The molecule has 1 aliphatic carbocycles. The topological polar surface area (TPSA) is 29.5 Å². The van der Waals surface area contributed by atoms with Crippen LogP contribution in [0.1, 0.15) is 32.6 Å². The molecular formula is C12H20O2. The van der Waals surface area contributed by atoms with E-state index in [1.165, 1.54) is 0 Å². The fraction of sp³-hybridized carbons (Fsp3) is 0.833. The van der Waals surface area contributed by atoms with Crippen LogP contribution in [0.5, 0.6) is 0 Å². The summed E-state index contributed by atoms with van der Waals surface area (Å²) >= 11 is 0. The largest absolute Gasteiger partial charge is 0.387 e. The standard InChI is InChI=1S/C12H20O2/c1-2-11-8-14-9-12(11,13)7-10-5-3-4-6-10/h3-4,10-11,13H,2,5-9H2,1H3. The van der Waals surface area contributed by atoms with Gasteiger partial charge in [0.1, 0.15) is 0 Å². The SMILES string of the molecule is CCC1COCC1(O)CC1CC=CC1. The highest BCUT2D eigenvalue weighted by Crippen LogP contribution is 2.37. The highest BCUT2D eigenvalue weighted by Gasteiger charge is 2.42. The number of ether oxygens (including phenoxy) is 1. The normalized spacial score (nSPS) is 38.3. The zero-order valence-corrected chi connectivity index (χ0v) is 8.91. The van der Waals surface area contributed by atoms with E-state index in [9.17, 15) is 5.11 Å². The summed E-state index contributed by atoms with van der Waals surface area (Å²) in [5.74, 6) is 0.999. The van der Waals surface area contributed by atoms with Crippen LogP contribution in [0.4, 0.5) is 0 Å². The smallest absolute Gasteiger partial charge is 0.0932 e. The fourth-order valence-electron chi connectivity index (χ4n) is 2.71. The predicted octanol–water partition coefficient (Wildman–Crippen LogP) is 2.13. The molecule has 2 aliphatic rings. The van der Waals surface area contributed by atoms with Crippen LogP contribution in [0.3, 0.4) is 0 Å². The minimum atomic E-state index is -0.536. The molecule has 2 unspecified atom stereocenters. The Hall–Kier alpha value is -0.340. The van der Waals surface area contributed by atoms with Gasteiger partial charge in [0.2, 0.25) is 0 Å². The molecule has 0 bridgehead atoms. The first-order valence-corrected chi connectivity index (χ1v) is 5.69. The van der Waals surface area contributed by atoms with Gasteiger partial charge in [0.15, 0.2) is 0 Å². The third-order valence-electron chi connectivity index (χ3n) is 3.67. The lowest BCUT2D eigenvalue weighted by molar-refractivity contribution is -0.0198. The Morgan fingerprint density at radius 3 is 2.79 bits per heavy atom. The highest BCUT2D eigenvalue weighted by atomic mass is 16.5. The van der Waals surface area contributed by atoms with Gasteiger partial charge in [-0.25, -0.2) is 0 Å². The third-order valence-corrected chi connectivity index (χ3v) is 3.67. The van der Waals surface area contributed by atoms with E-state index < -0.39 is 5.60 Å². The molecule has 2 atom stereocenters. The van der Waals surface area contributed by atoms with Crippen LogP contribution in [-0.2, 0) is 4.74 Å². The summed E-state index contributed by atoms with van der Waals surface area (Å²) in [7, 11) is 0. The van der Waals surface area contributed by atoms with E-state index >= 15 is 0 Å². The van der Waals surface area contributed by atoms with Gasteiger partial charge < -0.3 is 9.84 Å². The number of allylic oxidation sites excluding steroid dienone is 2. The summed E-state index contributed by atoms with van der Waals surface area (Å²) in [5, 5.41) is 10.5. The fourth-order valence-corrected chi connectivity index (χ4v) is 2.71. The van der Waals surface area contributed by atoms with Crippen LogP contribution in [-0.4, -0.2) is 23.9 Å². The van der Waals surface area contributed by atoms with Crippen LogP contribution < -0.4 is 0 Å². The van der Waals surface area contributed by atoms with Crippen LogP contribution in [0.15, 0.2) is 12.2 Å². The van der Waals surface area contributed by atoms with Crippen molar-refractivity contribution in [2.45, 2.75) is 38.2 Å². The second-order valence-corrected chi connectivity index (χ2v) is 4.74. The zero-order chi connectivity index (χ0) is 10.0. The Balaban J connectivity index is 1.93. The molecular weight excluding hydrogens is 176 g/mol. The van der Waals surface area contributed by atoms with Crippen molar-refractivity contribution in [1.82, 2.24) is 0 Å². The average molecular weight is 196 g/mol. The maximum Gasteiger partial charge on any atom is 0.0932 e. The van der Waals surface area contributed by atoms with Crippen molar-refractivity contribution in [3.63, 3.8) is 0 Å². The van der Waals surface area contributed by atoms with E-state index in [0.717, 1.165) is 32.3 Å². The molecule has 2 nitrogen and oxygen atoms in total. The monoisotopic (exact) mass is 196 g/mol. The molecule has 1 fully saturated rings. The molecule has 1 saturated heterocycles. The van der Waals surface area contributed by atoms with Gasteiger partial charge in [0.25, 0.3) is 0 Å². The Morgan fingerprint density at radius 2 is 2.14 bits per heavy atom. The molecule has 0 saturated carbocycles. The van der Waals surface area contributed by atoms with Crippen LogP contribution in [0, 0.1) is 11.8 Å². The minimum Gasteiger partial charge on any atom is -0.387 e. The number of hydrogen-bond acceptors (Lipinski definition) is 2. The number of hydrogen-bond donors (Lipinski definition) is 1. The molecule has 0 radical (unpaired) electrons. The van der Waals surface area contributed by atoms with Crippen molar-refractivity contribution in [2.24, 2.45) is 11.8 Å². The average Bonchev–Trinajstić information content (AvgIpc) is 2.75. The van der Waals surface area contributed by atoms with E-state index in [4.69, 9.17) is 4.74 Å². The van der Waals surface area contributed by atoms with Crippen LogP contribution in [0.25, 0.3) is 0 Å². The number of rotatable bonds is 3. The molecule has 0 spiro atoms. The van der Waals surface area contributed by atoms with Crippen molar-refractivity contribution < 1.29 is 9.84 Å². The Kier molecular flexibility index (Phi) is 2.93. The molecule has 1 heterocycles. The minimum absolute atomic E-state index is 0.350. The van der Waals surface area contributed by atoms with Gasteiger partial charge in [0.05, 0.1) is 18.8 Å². The highest BCUT2D eigenvalue weighted by molar-refractivity contribution is 4.99. The zero-order valence-electron chi connectivity index (χ0n) is 8.91. The van der Waals surface area contributed by atoms with Crippen molar-refractivity contribution >= 4 is 0 Å². The van der Waals surface area contributed by atoms with Gasteiger partial charge in [0, 0.05) is 5.92 Å². The number of aliphatic hydroxyl groups is 1. The summed E-state index contributed by atoms with van der Waals surface area (Å²) < 4.78 is 5.40. The quantitative estimate of drug-likeness (QED) is 0.701. The Bertz CT molecular complexity index is 216. The molecule has 0 aromatic rings. The van der Waals surface area contributed by atoms with Gasteiger partial charge >= 0.3 is 0 Å². The maximum atomic E-state index is 10.5. The lowest BCUT2D eigenvalue weighted by Gasteiger charge is -2.30. The molecule has 2 rings (SSSR count). The second-order valence-electron chi connectivity index (χ2n) is 4.74. The van der Waals surface area contributed by atoms with Crippen molar-refractivity contribution in [3.8, 4) is 0 Å². The second kappa shape index (κ2) is 4.03. The van der Waals surface area contributed by atoms with Gasteiger partial charge in [-0.2, -0.15) is 0 Å². The van der Waals surface area contributed by atoms with Crippen molar-refractivity contribution in [3.05, 3.63) is 12.2 Å². The third kappa shape index (κ3) is 1.86. The van der Waals surface area contributed by atoms with E-state index in [0.29, 0.717) is 18.4 Å². The lowest BCUT2D eigenvalue weighted by atomic mass is 9.80. The summed E-state index contributed by atoms with van der Waals surface area (Å²) in [6.07, 6.45) is 8.67. The maximum absolute atomic E-state index is 10.5. The van der Waals surface area contributed by atoms with Gasteiger partial charge in [-0.3, -0.25) is 0 Å². The summed E-state index contributed by atoms with van der Waals surface area (Å²) in [5.41, 5.74) is -0.536. The van der Waals surface area contributed by atoms with E-state index in [-0.39, 0.29) is 0 Å². The molecule has 1 aliphatic heterocycles. The Morgan fingerprint density at radius 1 is 1.43 bits per heavy atom. The summed E-state index contributed by atoms with van der Waals surface area (Å²) in [4.78, 5) is 0. The van der Waals surface area contributed by atoms with E-state index in [1.807, 2.05) is 0 Å². The predicted molar refractivity (Wildman–Crippen MR) is 56.0 cm³/mol. The molecule has 1 N–H and O–H groups in total. The Labute approximate surface area is 86.0 Å².